The molecule has 0 spiro atoms. The highest BCUT2D eigenvalue weighted by Crippen LogP contribution is 2.40. The smallest absolute Gasteiger partial charge is 0.238 e. The second-order valence-corrected chi connectivity index (χ2v) is 12.9. The van der Waals surface area contributed by atoms with Crippen LogP contribution in [0.2, 0.25) is 0 Å². The van der Waals surface area contributed by atoms with Crippen LogP contribution in [0.15, 0.2) is 168 Å². The van der Waals surface area contributed by atoms with Gasteiger partial charge < -0.3 is 8.98 Å². The summed E-state index contributed by atoms with van der Waals surface area (Å²) in [5.41, 5.74) is 8.85. The first-order valence-corrected chi connectivity index (χ1v) is 17.0. The molecule has 0 radical (unpaired) electrons. The average molecular weight is 654 g/mol. The maximum absolute atomic E-state index is 6.39. The van der Waals surface area contributed by atoms with E-state index in [-0.39, 0.29) is 0 Å². The van der Waals surface area contributed by atoms with Gasteiger partial charge in [0.05, 0.1) is 22.1 Å². The van der Waals surface area contributed by atoms with Crippen LogP contribution in [-0.2, 0) is 0 Å². The summed E-state index contributed by atoms with van der Waals surface area (Å²) >= 11 is 0. The van der Waals surface area contributed by atoms with E-state index in [1.807, 2.05) is 36.4 Å². The van der Waals surface area contributed by atoms with Crippen molar-refractivity contribution in [2.24, 2.45) is 0 Å². The maximum atomic E-state index is 6.39. The summed E-state index contributed by atoms with van der Waals surface area (Å²) in [4.78, 5) is 15.7. The van der Waals surface area contributed by atoms with Gasteiger partial charge in [0.2, 0.25) is 5.95 Å². The van der Waals surface area contributed by atoms with Crippen LogP contribution in [0.4, 0.5) is 0 Å². The first-order valence-electron chi connectivity index (χ1n) is 17.0. The number of para-hydroxylation sites is 4. The highest BCUT2D eigenvalue weighted by molar-refractivity contribution is 6.18. The molecule has 0 bridgehead atoms. The second-order valence-electron chi connectivity index (χ2n) is 12.9. The van der Waals surface area contributed by atoms with Crippen molar-refractivity contribution >= 4 is 65.6 Å². The molecule has 0 amide bonds. The third kappa shape index (κ3) is 4.14. The number of hydrogen-bond donors (Lipinski definition) is 0. The monoisotopic (exact) mass is 653 g/mol. The molecule has 0 saturated carbocycles. The molecule has 4 heterocycles. The lowest BCUT2D eigenvalue weighted by Crippen LogP contribution is -2.06. The van der Waals surface area contributed by atoms with Crippen LogP contribution in [0.3, 0.4) is 0 Å². The van der Waals surface area contributed by atoms with Crippen molar-refractivity contribution in [2.45, 2.75) is 0 Å². The SMILES string of the molecule is c1ccc(-c2nc(-c3cccc4c3c3ccccc3n4-c3ccccc3)nc(-n3c4ccccc4c4cc5c(cc43)oc3ccccc35)n2)cc1. The lowest BCUT2D eigenvalue weighted by Gasteiger charge is -2.12. The zero-order valence-corrected chi connectivity index (χ0v) is 27.2. The van der Waals surface area contributed by atoms with Gasteiger partial charge in [-0.25, -0.2) is 4.98 Å². The number of furan rings is 1. The quantitative estimate of drug-likeness (QED) is 0.190. The number of fused-ring (bicyclic) bond motifs is 9. The maximum Gasteiger partial charge on any atom is 0.238 e. The Balaban J connectivity index is 1.24. The van der Waals surface area contributed by atoms with Crippen molar-refractivity contribution in [1.29, 1.82) is 0 Å². The Morgan fingerprint density at radius 1 is 0.392 bits per heavy atom. The zero-order chi connectivity index (χ0) is 33.5. The van der Waals surface area contributed by atoms with E-state index in [0.717, 1.165) is 82.4 Å². The molecule has 0 aliphatic rings. The Hall–Kier alpha value is -7.05. The fourth-order valence-electron chi connectivity index (χ4n) is 7.77. The van der Waals surface area contributed by atoms with Gasteiger partial charge in [0.1, 0.15) is 11.2 Å². The number of rotatable bonds is 4. The lowest BCUT2D eigenvalue weighted by atomic mass is 10.1. The van der Waals surface area contributed by atoms with Gasteiger partial charge in [0.25, 0.3) is 0 Å². The number of aromatic nitrogens is 5. The van der Waals surface area contributed by atoms with Crippen molar-refractivity contribution < 1.29 is 4.42 Å². The van der Waals surface area contributed by atoms with Gasteiger partial charge in [-0.05, 0) is 42.5 Å². The molecule has 4 aromatic heterocycles. The highest BCUT2D eigenvalue weighted by Gasteiger charge is 2.22. The van der Waals surface area contributed by atoms with E-state index in [0.29, 0.717) is 17.6 Å². The van der Waals surface area contributed by atoms with E-state index in [1.165, 1.54) is 0 Å². The first-order chi connectivity index (χ1) is 25.3. The van der Waals surface area contributed by atoms with Crippen molar-refractivity contribution in [2.75, 3.05) is 0 Å². The van der Waals surface area contributed by atoms with Crippen LogP contribution in [0.1, 0.15) is 0 Å². The molecule has 6 heteroatoms. The molecule has 6 nitrogen and oxygen atoms in total. The minimum atomic E-state index is 0.546. The van der Waals surface area contributed by atoms with Gasteiger partial charge in [-0.2, -0.15) is 9.97 Å². The topological polar surface area (TPSA) is 61.7 Å². The Labute approximate surface area is 291 Å². The van der Waals surface area contributed by atoms with Crippen molar-refractivity contribution in [3.63, 3.8) is 0 Å². The summed E-state index contributed by atoms with van der Waals surface area (Å²) in [6.07, 6.45) is 0. The van der Waals surface area contributed by atoms with Crippen LogP contribution in [-0.4, -0.2) is 24.1 Å². The lowest BCUT2D eigenvalue weighted by molar-refractivity contribution is 0.669. The third-order valence-corrected chi connectivity index (χ3v) is 9.98. The van der Waals surface area contributed by atoms with Crippen LogP contribution >= 0.6 is 0 Å². The molecule has 0 N–H and O–H groups in total. The van der Waals surface area contributed by atoms with Gasteiger partial charge >= 0.3 is 0 Å². The fraction of sp³-hybridized carbons (Fsp3) is 0. The van der Waals surface area contributed by atoms with Crippen LogP contribution in [0.25, 0.3) is 100.0 Å². The van der Waals surface area contributed by atoms with Crippen molar-refractivity contribution in [1.82, 2.24) is 24.1 Å². The van der Waals surface area contributed by atoms with Gasteiger partial charge in [-0.15, -0.1) is 0 Å². The summed E-state index contributed by atoms with van der Waals surface area (Å²) in [5.74, 6) is 1.76. The van der Waals surface area contributed by atoms with Crippen LogP contribution < -0.4 is 0 Å². The molecule has 11 aromatic rings. The molecule has 0 fully saturated rings. The van der Waals surface area contributed by atoms with E-state index in [2.05, 4.69) is 137 Å². The summed E-state index contributed by atoms with van der Waals surface area (Å²) in [7, 11) is 0. The zero-order valence-electron chi connectivity index (χ0n) is 27.2. The van der Waals surface area contributed by atoms with Crippen LogP contribution in [0.5, 0.6) is 0 Å². The standard InChI is InChI=1S/C45H27N5O/c1-3-14-28(15-4-1)43-46-44(33-21-13-24-38-42(33)32-20-8-11-23-37(32)49(38)29-16-5-2-6-17-29)48-45(47-43)50-36-22-10-7-18-30(36)34-26-35-31-19-9-12-25-40(31)51-41(35)27-39(34)50/h1-27H. The van der Waals surface area contributed by atoms with E-state index in [4.69, 9.17) is 19.4 Å². The largest absolute Gasteiger partial charge is 0.456 e. The minimum Gasteiger partial charge on any atom is -0.456 e. The molecule has 0 aliphatic carbocycles. The molecule has 0 aliphatic heterocycles. The minimum absolute atomic E-state index is 0.546. The molecule has 0 unspecified atom stereocenters. The molecule has 7 aromatic carbocycles. The predicted octanol–water partition coefficient (Wildman–Crippen LogP) is 11.3. The Kier molecular flexibility index (Phi) is 5.86. The van der Waals surface area contributed by atoms with E-state index < -0.39 is 0 Å². The predicted molar refractivity (Wildman–Crippen MR) is 207 cm³/mol. The average Bonchev–Trinajstić information content (AvgIpc) is 3.84. The summed E-state index contributed by atoms with van der Waals surface area (Å²) in [6, 6.07) is 56.6. The fourth-order valence-corrected chi connectivity index (χ4v) is 7.77. The molecule has 0 saturated heterocycles. The summed E-state index contributed by atoms with van der Waals surface area (Å²) in [6.45, 7) is 0. The number of hydrogen-bond acceptors (Lipinski definition) is 4. The molecular formula is C45H27N5O. The molecule has 11 rings (SSSR count). The first kappa shape index (κ1) is 27.9. The summed E-state index contributed by atoms with van der Waals surface area (Å²) < 4.78 is 10.9. The van der Waals surface area contributed by atoms with Crippen molar-refractivity contribution in [3.05, 3.63) is 164 Å². The molecule has 51 heavy (non-hydrogen) atoms. The second kappa shape index (κ2) is 10.7. The van der Waals surface area contributed by atoms with Crippen LogP contribution in [0, 0.1) is 0 Å². The number of nitrogens with zero attached hydrogens (tertiary/aromatic N) is 5. The number of benzene rings is 7. The van der Waals surface area contributed by atoms with Gasteiger partial charge in [-0.3, -0.25) is 4.57 Å². The normalized spacial score (nSPS) is 11.9. The van der Waals surface area contributed by atoms with Gasteiger partial charge in [0.15, 0.2) is 11.6 Å². The van der Waals surface area contributed by atoms with E-state index >= 15 is 0 Å². The van der Waals surface area contributed by atoms with E-state index in [9.17, 15) is 0 Å². The Bertz CT molecular complexity index is 3140. The van der Waals surface area contributed by atoms with E-state index in [1.54, 1.807) is 0 Å². The van der Waals surface area contributed by atoms with Gasteiger partial charge in [-0.1, -0.05) is 115 Å². The van der Waals surface area contributed by atoms with Gasteiger partial charge in [0, 0.05) is 55.2 Å². The molecule has 0 atom stereocenters. The Morgan fingerprint density at radius 3 is 1.86 bits per heavy atom. The highest BCUT2D eigenvalue weighted by atomic mass is 16.3. The molecule has 238 valence electrons. The summed E-state index contributed by atoms with van der Waals surface area (Å²) in [5, 5.41) is 6.65. The molecular weight excluding hydrogens is 627 g/mol. The Morgan fingerprint density at radius 2 is 1.04 bits per heavy atom. The van der Waals surface area contributed by atoms with Crippen molar-refractivity contribution in [3.8, 4) is 34.4 Å². The third-order valence-electron chi connectivity index (χ3n) is 9.98.